The lowest BCUT2D eigenvalue weighted by Crippen LogP contribution is -2.20. The zero-order chi connectivity index (χ0) is 22.8. The Balaban J connectivity index is 0.000000222. The third-order valence-corrected chi connectivity index (χ3v) is 6.84. The predicted octanol–water partition coefficient (Wildman–Crippen LogP) is 4.50. The molecule has 0 spiro atoms. The minimum Gasteiger partial charge on any atom is -0.508 e. The first kappa shape index (κ1) is 23.4. The summed E-state index contributed by atoms with van der Waals surface area (Å²) in [5, 5.41) is 23.1. The summed E-state index contributed by atoms with van der Waals surface area (Å²) in [5.41, 5.74) is 0. The van der Waals surface area contributed by atoms with Crippen molar-refractivity contribution in [3.63, 3.8) is 0 Å². The summed E-state index contributed by atoms with van der Waals surface area (Å²) >= 11 is 0. The van der Waals surface area contributed by atoms with Gasteiger partial charge in [0, 0.05) is 9.87 Å². The van der Waals surface area contributed by atoms with Crippen LogP contribution in [0.1, 0.15) is 0 Å². The second-order valence-electron chi connectivity index (χ2n) is 6.39. The van der Waals surface area contributed by atoms with Gasteiger partial charge in [-0.05, 0) is 48.9 Å². The van der Waals surface area contributed by atoms with Crippen molar-refractivity contribution < 1.29 is 29.2 Å². The molecule has 0 heterocycles. The molecule has 162 valence electrons. The minimum atomic E-state index is -2.70. The Hall–Kier alpha value is -3.27. The van der Waals surface area contributed by atoms with E-state index in [0.717, 1.165) is 15.9 Å². The third kappa shape index (κ3) is 6.88. The van der Waals surface area contributed by atoms with Crippen LogP contribution in [0.2, 0.25) is 0 Å². The van der Waals surface area contributed by atoms with Crippen LogP contribution < -0.4 is 20.8 Å². The summed E-state index contributed by atoms with van der Waals surface area (Å²) in [4.78, 5) is 12.6. The van der Waals surface area contributed by atoms with Crippen LogP contribution in [0.15, 0.2) is 109 Å². The number of phenols is 2. The highest BCUT2D eigenvalue weighted by molar-refractivity contribution is 7.80. The van der Waals surface area contributed by atoms with Crippen molar-refractivity contribution >= 4 is 32.1 Å². The quantitative estimate of drug-likeness (QED) is 0.167. The van der Waals surface area contributed by atoms with Gasteiger partial charge in [-0.25, -0.2) is 0 Å². The van der Waals surface area contributed by atoms with E-state index in [1.54, 1.807) is 42.5 Å². The van der Waals surface area contributed by atoms with E-state index in [0.29, 0.717) is 5.75 Å². The third-order valence-electron chi connectivity index (χ3n) is 4.17. The van der Waals surface area contributed by atoms with Crippen molar-refractivity contribution in [2.24, 2.45) is 0 Å². The zero-order valence-corrected chi connectivity index (χ0v) is 18.6. The summed E-state index contributed by atoms with van der Waals surface area (Å²) in [6.07, 6.45) is 0. The van der Waals surface area contributed by atoms with Gasteiger partial charge in [0.2, 0.25) is 0 Å². The van der Waals surface area contributed by atoms with Gasteiger partial charge in [0.05, 0.1) is 0 Å². The van der Waals surface area contributed by atoms with E-state index in [2.05, 4.69) is 33.8 Å². The fourth-order valence-electron chi connectivity index (χ4n) is 2.82. The van der Waals surface area contributed by atoms with Gasteiger partial charge in [-0.2, -0.15) is 0 Å². The Labute approximate surface area is 188 Å². The van der Waals surface area contributed by atoms with Crippen LogP contribution in [0, 0.1) is 0 Å². The Morgan fingerprint density at radius 1 is 0.688 bits per heavy atom. The summed E-state index contributed by atoms with van der Waals surface area (Å²) in [7, 11) is -3.59. The molecule has 0 fully saturated rings. The average Bonchev–Trinajstić information content (AvgIpc) is 2.83. The van der Waals surface area contributed by atoms with E-state index in [1.165, 1.54) is 6.07 Å². The van der Waals surface area contributed by atoms with Crippen molar-refractivity contribution in [1.82, 2.24) is 0 Å². The molecule has 0 saturated heterocycles. The molecule has 0 radical (unpaired) electrons. The fraction of sp³-hybridized carbons (Fsp3) is 0. The molecule has 0 aliphatic heterocycles. The van der Waals surface area contributed by atoms with E-state index in [9.17, 15) is 14.8 Å². The largest absolute Gasteiger partial charge is 0.735 e. The molecule has 0 aliphatic rings. The second kappa shape index (κ2) is 11.9. The lowest BCUT2D eigenvalue weighted by atomic mass is 10.3. The molecule has 1 atom stereocenters. The van der Waals surface area contributed by atoms with E-state index in [-0.39, 0.29) is 11.5 Å². The molecule has 0 bridgehead atoms. The molecule has 0 saturated carbocycles. The summed E-state index contributed by atoms with van der Waals surface area (Å²) < 4.78 is 14.0. The molecule has 6 nitrogen and oxygen atoms in total. The molecule has 0 amide bonds. The van der Waals surface area contributed by atoms with Crippen LogP contribution in [-0.4, -0.2) is 15.1 Å². The first-order chi connectivity index (χ1) is 15.5. The smallest absolute Gasteiger partial charge is 0.508 e. The average molecular weight is 467 g/mol. The zero-order valence-electron chi connectivity index (χ0n) is 16.9. The lowest BCUT2D eigenvalue weighted by Gasteiger charge is -2.20. The molecule has 3 N–H and O–H groups in total. The van der Waals surface area contributed by atoms with Crippen molar-refractivity contribution in [2.75, 3.05) is 0 Å². The molecule has 1 unspecified atom stereocenters. The molecule has 4 rings (SSSR count). The normalized spacial score (nSPS) is 10.8. The second-order valence-corrected chi connectivity index (χ2v) is 9.20. The SMILES string of the molecule is O=[P+](O)OOc1ccccc1.Oc1ccc(O)c(P(c2ccccc2)c2ccccc2)c1. The van der Waals surface area contributed by atoms with Crippen molar-refractivity contribution in [1.29, 1.82) is 0 Å². The van der Waals surface area contributed by atoms with Crippen LogP contribution in [0.25, 0.3) is 0 Å². The molecule has 4 aromatic carbocycles. The Morgan fingerprint density at radius 2 is 1.19 bits per heavy atom. The Kier molecular flexibility index (Phi) is 8.73. The van der Waals surface area contributed by atoms with Crippen LogP contribution in [0.4, 0.5) is 0 Å². The van der Waals surface area contributed by atoms with Crippen LogP contribution in [0.3, 0.4) is 0 Å². The number of hydrogen-bond donors (Lipinski definition) is 3. The van der Waals surface area contributed by atoms with Gasteiger partial charge in [0.15, 0.2) is 5.75 Å². The number of aromatic hydroxyl groups is 2. The molecule has 32 heavy (non-hydrogen) atoms. The van der Waals surface area contributed by atoms with E-state index in [4.69, 9.17) is 4.89 Å². The lowest BCUT2D eigenvalue weighted by molar-refractivity contribution is -0.101. The van der Waals surface area contributed by atoms with Gasteiger partial charge >= 0.3 is 8.25 Å². The van der Waals surface area contributed by atoms with Gasteiger partial charge in [-0.1, -0.05) is 78.9 Å². The van der Waals surface area contributed by atoms with Gasteiger partial charge in [-0.3, -0.25) is 4.89 Å². The maximum Gasteiger partial charge on any atom is 0.735 e. The Bertz CT molecular complexity index is 1090. The van der Waals surface area contributed by atoms with E-state index < -0.39 is 16.2 Å². The molecule has 0 aromatic heterocycles. The number of rotatable bonds is 6. The summed E-state index contributed by atoms with van der Waals surface area (Å²) in [6.45, 7) is 0. The summed E-state index contributed by atoms with van der Waals surface area (Å²) in [6, 6.07) is 33.3. The van der Waals surface area contributed by atoms with Crippen molar-refractivity contribution in [3.8, 4) is 17.2 Å². The van der Waals surface area contributed by atoms with Gasteiger partial charge in [-0.15, -0.1) is 4.89 Å². The maximum atomic E-state index is 10.2. The number of benzene rings is 4. The molecule has 0 aliphatic carbocycles. The van der Waals surface area contributed by atoms with Crippen LogP contribution >= 0.6 is 16.2 Å². The monoisotopic (exact) mass is 467 g/mol. The first-order valence-corrected chi connectivity index (χ1v) is 12.0. The standard InChI is InChI=1S/C18H15O2P.C6H5O4P/c19-14-11-12-17(20)18(13-14)21(15-7-3-1-4-8-15)16-9-5-2-6-10-16;7-11(8)10-9-6-4-2-1-3-5-6/h1-13,19-20H;1-5H/p+1. The van der Waals surface area contributed by atoms with Crippen molar-refractivity contribution in [3.05, 3.63) is 109 Å². The molecular weight excluding hydrogens is 446 g/mol. The minimum absolute atomic E-state index is 0.169. The van der Waals surface area contributed by atoms with Crippen LogP contribution in [-0.2, 0) is 9.24 Å². The van der Waals surface area contributed by atoms with E-state index in [1.807, 2.05) is 36.4 Å². The number of hydrogen-bond acceptors (Lipinski definition) is 5. The fourth-order valence-corrected chi connectivity index (χ4v) is 5.33. The highest BCUT2D eigenvalue weighted by atomic mass is 31.1. The van der Waals surface area contributed by atoms with Gasteiger partial charge in [0.25, 0.3) is 0 Å². The number of para-hydroxylation sites is 1. The molecule has 8 heteroatoms. The predicted molar refractivity (Wildman–Crippen MR) is 126 cm³/mol. The summed E-state index contributed by atoms with van der Waals surface area (Å²) in [5.74, 6) is 0.777. The van der Waals surface area contributed by atoms with Gasteiger partial charge in [0.1, 0.15) is 16.2 Å². The van der Waals surface area contributed by atoms with Crippen molar-refractivity contribution in [2.45, 2.75) is 0 Å². The molecular formula is C24H21O6P2+. The van der Waals surface area contributed by atoms with Crippen LogP contribution in [0.5, 0.6) is 17.2 Å². The van der Waals surface area contributed by atoms with Gasteiger partial charge < -0.3 is 10.2 Å². The molecule has 4 aromatic rings. The number of phenolic OH excluding ortho intramolecular Hbond substituents is 2. The first-order valence-electron chi connectivity index (χ1n) is 9.52. The highest BCUT2D eigenvalue weighted by Gasteiger charge is 2.19. The topological polar surface area (TPSA) is 96.2 Å². The highest BCUT2D eigenvalue weighted by Crippen LogP contribution is 2.37. The maximum absolute atomic E-state index is 10.2. The Morgan fingerprint density at radius 3 is 1.69 bits per heavy atom. The van der Waals surface area contributed by atoms with E-state index >= 15 is 0 Å².